The molecule has 0 rings (SSSR count). The third kappa shape index (κ3) is 5.03. The molecule has 0 N–H and O–H groups in total. The van der Waals surface area contributed by atoms with Gasteiger partial charge in [0.15, 0.2) is 5.78 Å². The highest BCUT2D eigenvalue weighted by atomic mass is 16.5. The number of carbonyl (C=O) groups excluding carboxylic acids is 2. The number of esters is 1. The number of ether oxygens (including phenoxy) is 1. The van der Waals surface area contributed by atoms with Crippen LogP contribution in [0.3, 0.4) is 0 Å². The summed E-state index contributed by atoms with van der Waals surface area (Å²) in [5.41, 5.74) is 0. The van der Waals surface area contributed by atoms with Crippen LogP contribution in [0.2, 0.25) is 0 Å². The van der Waals surface area contributed by atoms with Crippen molar-refractivity contribution in [3.05, 3.63) is 12.2 Å². The van der Waals surface area contributed by atoms with Crippen molar-refractivity contribution in [2.24, 2.45) is 0 Å². The van der Waals surface area contributed by atoms with Gasteiger partial charge in [-0.05, 0) is 13.0 Å². The van der Waals surface area contributed by atoms with E-state index in [2.05, 4.69) is 4.74 Å². The van der Waals surface area contributed by atoms with Crippen LogP contribution in [0.1, 0.15) is 13.3 Å². The van der Waals surface area contributed by atoms with Crippen molar-refractivity contribution in [2.45, 2.75) is 13.3 Å². The van der Waals surface area contributed by atoms with E-state index in [9.17, 15) is 9.59 Å². The quantitative estimate of drug-likeness (QED) is 0.430. The molecule has 0 aromatic heterocycles. The number of rotatable bonds is 3. The Bertz CT molecular complexity index is 158. The maximum Gasteiger partial charge on any atom is 0.309 e. The molecule has 0 aliphatic rings. The van der Waals surface area contributed by atoms with Crippen molar-refractivity contribution in [3.8, 4) is 0 Å². The molecule has 0 fully saturated rings. The van der Waals surface area contributed by atoms with E-state index in [1.165, 1.54) is 26.2 Å². The van der Waals surface area contributed by atoms with E-state index in [1.54, 1.807) is 0 Å². The minimum absolute atomic E-state index is 0.0658. The second-order valence-electron chi connectivity index (χ2n) is 1.79. The molecule has 10 heavy (non-hydrogen) atoms. The molecule has 0 aliphatic heterocycles. The molecule has 0 radical (unpaired) electrons. The van der Waals surface area contributed by atoms with E-state index in [0.29, 0.717) is 0 Å². The van der Waals surface area contributed by atoms with Crippen LogP contribution in [-0.2, 0) is 14.3 Å². The van der Waals surface area contributed by atoms with Crippen LogP contribution >= 0.6 is 0 Å². The molecule has 0 aromatic rings. The number of methoxy groups -OCH3 is 1. The molecule has 0 aromatic carbocycles. The second kappa shape index (κ2) is 4.73. The average Bonchev–Trinajstić information content (AvgIpc) is 1.87. The standard InChI is InChI=1S/C7H10O3/c1-6(8)4-3-5-7(9)10-2/h3-4H,5H2,1-2H3. The van der Waals surface area contributed by atoms with Crippen molar-refractivity contribution in [3.63, 3.8) is 0 Å². The van der Waals surface area contributed by atoms with Gasteiger partial charge in [-0.3, -0.25) is 9.59 Å². The molecule has 3 nitrogen and oxygen atoms in total. The lowest BCUT2D eigenvalue weighted by Crippen LogP contribution is -1.97. The van der Waals surface area contributed by atoms with Crippen molar-refractivity contribution >= 4 is 11.8 Å². The monoisotopic (exact) mass is 142 g/mol. The zero-order valence-corrected chi connectivity index (χ0v) is 6.09. The summed E-state index contributed by atoms with van der Waals surface area (Å²) < 4.78 is 4.33. The molecule has 0 saturated carbocycles. The molecule has 0 aliphatic carbocycles. The maximum atomic E-state index is 10.4. The Morgan fingerprint density at radius 1 is 1.50 bits per heavy atom. The summed E-state index contributed by atoms with van der Waals surface area (Å²) in [7, 11) is 1.31. The minimum Gasteiger partial charge on any atom is -0.469 e. The van der Waals surface area contributed by atoms with Crippen molar-refractivity contribution in [1.29, 1.82) is 0 Å². The Kier molecular flexibility index (Phi) is 4.20. The molecular formula is C7H10O3. The van der Waals surface area contributed by atoms with Gasteiger partial charge in [-0.15, -0.1) is 0 Å². The van der Waals surface area contributed by atoms with Gasteiger partial charge in [-0.25, -0.2) is 0 Å². The highest BCUT2D eigenvalue weighted by molar-refractivity contribution is 5.87. The summed E-state index contributed by atoms with van der Waals surface area (Å²) in [5.74, 6) is -0.401. The number of hydrogen-bond acceptors (Lipinski definition) is 3. The van der Waals surface area contributed by atoms with Gasteiger partial charge in [0.2, 0.25) is 0 Å². The molecule has 0 bridgehead atoms. The normalized spacial score (nSPS) is 9.80. The number of ketones is 1. The van der Waals surface area contributed by atoms with Crippen molar-refractivity contribution in [2.75, 3.05) is 7.11 Å². The van der Waals surface area contributed by atoms with Crippen LogP contribution in [0.15, 0.2) is 12.2 Å². The Balaban J connectivity index is 3.53. The van der Waals surface area contributed by atoms with Crippen LogP contribution in [0.5, 0.6) is 0 Å². The second-order valence-corrected chi connectivity index (χ2v) is 1.79. The summed E-state index contributed by atoms with van der Waals surface area (Å²) >= 11 is 0. The maximum absolute atomic E-state index is 10.4. The van der Waals surface area contributed by atoms with Crippen LogP contribution in [-0.4, -0.2) is 18.9 Å². The highest BCUT2D eigenvalue weighted by Crippen LogP contribution is 1.86. The molecule has 0 heterocycles. The third-order valence-corrected chi connectivity index (χ3v) is 0.865. The van der Waals surface area contributed by atoms with Gasteiger partial charge in [-0.1, -0.05) is 6.08 Å². The lowest BCUT2D eigenvalue weighted by molar-refractivity contribution is -0.139. The van der Waals surface area contributed by atoms with Gasteiger partial charge in [0.05, 0.1) is 13.5 Å². The summed E-state index contributed by atoms with van der Waals surface area (Å²) in [5, 5.41) is 0. The Labute approximate surface area is 59.7 Å². The molecule has 56 valence electrons. The van der Waals surface area contributed by atoms with Crippen molar-refractivity contribution in [1.82, 2.24) is 0 Å². The lowest BCUT2D eigenvalue weighted by atomic mass is 10.3. The third-order valence-electron chi connectivity index (χ3n) is 0.865. The van der Waals surface area contributed by atoms with Gasteiger partial charge in [0.1, 0.15) is 0 Å². The first-order valence-electron chi connectivity index (χ1n) is 2.90. The Morgan fingerprint density at radius 2 is 2.10 bits per heavy atom. The summed E-state index contributed by atoms with van der Waals surface area (Å²) in [6.45, 7) is 1.42. The fraction of sp³-hybridized carbons (Fsp3) is 0.429. The topological polar surface area (TPSA) is 43.4 Å². The Morgan fingerprint density at radius 3 is 2.50 bits per heavy atom. The van der Waals surface area contributed by atoms with Crippen LogP contribution < -0.4 is 0 Å². The smallest absolute Gasteiger partial charge is 0.309 e. The van der Waals surface area contributed by atoms with Crippen LogP contribution in [0, 0.1) is 0 Å². The molecule has 0 amide bonds. The zero-order valence-electron chi connectivity index (χ0n) is 6.09. The van der Waals surface area contributed by atoms with E-state index in [0.717, 1.165) is 0 Å². The van der Waals surface area contributed by atoms with E-state index in [4.69, 9.17) is 0 Å². The van der Waals surface area contributed by atoms with E-state index in [-0.39, 0.29) is 18.2 Å². The summed E-state index contributed by atoms with van der Waals surface area (Å²) in [6, 6.07) is 0. The molecule has 0 spiro atoms. The first-order valence-corrected chi connectivity index (χ1v) is 2.90. The minimum atomic E-state index is -0.336. The first kappa shape index (κ1) is 8.88. The average molecular weight is 142 g/mol. The zero-order chi connectivity index (χ0) is 7.98. The fourth-order valence-electron chi connectivity index (χ4n) is 0.404. The van der Waals surface area contributed by atoms with Gasteiger partial charge in [0.25, 0.3) is 0 Å². The van der Waals surface area contributed by atoms with Gasteiger partial charge in [-0.2, -0.15) is 0 Å². The lowest BCUT2D eigenvalue weighted by Gasteiger charge is -1.90. The van der Waals surface area contributed by atoms with Gasteiger partial charge >= 0.3 is 5.97 Å². The molecule has 3 heteroatoms. The van der Waals surface area contributed by atoms with E-state index in [1.807, 2.05) is 0 Å². The number of carbonyl (C=O) groups is 2. The summed E-state index contributed by atoms with van der Waals surface area (Å²) in [4.78, 5) is 20.7. The number of allylic oxidation sites excluding steroid dienone is 1. The predicted octanol–water partition coefficient (Wildman–Crippen LogP) is 0.695. The molecule has 0 unspecified atom stereocenters. The molecule has 0 atom stereocenters. The molecular weight excluding hydrogens is 132 g/mol. The van der Waals surface area contributed by atoms with Crippen LogP contribution in [0.25, 0.3) is 0 Å². The van der Waals surface area contributed by atoms with Gasteiger partial charge < -0.3 is 4.74 Å². The SMILES string of the molecule is COC(=O)CC=CC(C)=O. The first-order chi connectivity index (χ1) is 4.66. The molecule has 0 saturated heterocycles. The predicted molar refractivity (Wildman–Crippen MR) is 36.5 cm³/mol. The van der Waals surface area contributed by atoms with Gasteiger partial charge in [0, 0.05) is 0 Å². The highest BCUT2D eigenvalue weighted by Gasteiger charge is 1.93. The Hall–Kier alpha value is -1.12. The number of hydrogen-bond donors (Lipinski definition) is 0. The van der Waals surface area contributed by atoms with E-state index >= 15 is 0 Å². The van der Waals surface area contributed by atoms with Crippen LogP contribution in [0.4, 0.5) is 0 Å². The fourth-order valence-corrected chi connectivity index (χ4v) is 0.404. The largest absolute Gasteiger partial charge is 0.469 e. The summed E-state index contributed by atoms with van der Waals surface area (Å²) in [6.07, 6.45) is 2.99. The van der Waals surface area contributed by atoms with E-state index < -0.39 is 0 Å². The van der Waals surface area contributed by atoms with Crippen molar-refractivity contribution < 1.29 is 14.3 Å².